The number of alkyl halides is 8. The van der Waals surface area contributed by atoms with Crippen molar-refractivity contribution in [1.29, 1.82) is 0 Å². The quantitative estimate of drug-likeness (QED) is 0.807. The summed E-state index contributed by atoms with van der Waals surface area (Å²) in [6.07, 6.45) is -13.6. The number of hydrogen-bond acceptors (Lipinski definition) is 2. The molecule has 1 aromatic rings. The first-order chi connectivity index (χ1) is 10.2. The molecule has 1 N–H and O–H groups in total. The van der Waals surface area contributed by atoms with Gasteiger partial charge in [-0.25, -0.2) is 21.9 Å². The molecule has 12 heteroatoms. The molecule has 0 unspecified atom stereocenters. The molecule has 0 saturated heterocycles. The van der Waals surface area contributed by atoms with Gasteiger partial charge in [0.2, 0.25) is 10.0 Å². The highest BCUT2D eigenvalue weighted by molar-refractivity contribution is 7.88. The molecule has 1 aromatic carbocycles. The standard InChI is InChI=1S/C11H9F8NO2S/c12-9(13)4-20-23(21,22)5-6-7(10(14,15)16)2-1-3-8(6)11(17,18)19/h1-3,9,20H,4-5H2. The molecule has 0 aliphatic carbocycles. The molecule has 0 atom stereocenters. The Hall–Kier alpha value is -1.43. The van der Waals surface area contributed by atoms with Crippen LogP contribution in [0.25, 0.3) is 0 Å². The molecule has 0 aromatic heterocycles. The highest BCUT2D eigenvalue weighted by Crippen LogP contribution is 2.39. The van der Waals surface area contributed by atoms with Gasteiger partial charge >= 0.3 is 12.4 Å². The maximum absolute atomic E-state index is 12.8. The van der Waals surface area contributed by atoms with E-state index in [-0.39, 0.29) is 12.1 Å². The summed E-state index contributed by atoms with van der Waals surface area (Å²) in [5.74, 6) is -1.73. The van der Waals surface area contributed by atoms with E-state index in [9.17, 15) is 43.5 Å². The number of nitrogens with one attached hydrogen (secondary N) is 1. The zero-order valence-electron chi connectivity index (χ0n) is 11.0. The molecule has 0 amide bonds. The van der Waals surface area contributed by atoms with Crippen molar-refractivity contribution in [2.45, 2.75) is 24.5 Å². The Bertz CT molecular complexity index is 619. The Morgan fingerprint density at radius 3 is 1.74 bits per heavy atom. The van der Waals surface area contributed by atoms with Crippen LogP contribution < -0.4 is 4.72 Å². The molecule has 23 heavy (non-hydrogen) atoms. The number of rotatable bonds is 5. The molecule has 0 heterocycles. The van der Waals surface area contributed by atoms with Gasteiger partial charge in [0.25, 0.3) is 6.43 Å². The molecule has 132 valence electrons. The van der Waals surface area contributed by atoms with Crippen LogP contribution in [-0.4, -0.2) is 21.4 Å². The summed E-state index contributed by atoms with van der Waals surface area (Å²) in [6, 6.07) is 1.05. The van der Waals surface area contributed by atoms with Gasteiger partial charge in [-0.3, -0.25) is 0 Å². The van der Waals surface area contributed by atoms with Crippen LogP contribution in [0.1, 0.15) is 16.7 Å². The average molecular weight is 371 g/mol. The van der Waals surface area contributed by atoms with Crippen molar-refractivity contribution in [3.8, 4) is 0 Å². The van der Waals surface area contributed by atoms with E-state index < -0.39 is 57.8 Å². The summed E-state index contributed by atoms with van der Waals surface area (Å²) in [5.41, 5.74) is -5.14. The average Bonchev–Trinajstić information content (AvgIpc) is 2.33. The van der Waals surface area contributed by atoms with Crippen LogP contribution in [0.2, 0.25) is 0 Å². The van der Waals surface area contributed by atoms with Crippen LogP contribution in [0, 0.1) is 0 Å². The largest absolute Gasteiger partial charge is 0.416 e. The van der Waals surface area contributed by atoms with Crippen molar-refractivity contribution < 1.29 is 43.5 Å². The maximum atomic E-state index is 12.8. The van der Waals surface area contributed by atoms with Crippen LogP contribution in [0.4, 0.5) is 35.1 Å². The second-order valence-corrected chi connectivity index (χ2v) is 6.13. The second-order valence-electron chi connectivity index (χ2n) is 4.33. The van der Waals surface area contributed by atoms with Gasteiger partial charge in [0.05, 0.1) is 23.4 Å². The van der Waals surface area contributed by atoms with E-state index in [1.54, 1.807) is 0 Å². The highest BCUT2D eigenvalue weighted by atomic mass is 32.2. The van der Waals surface area contributed by atoms with Crippen LogP contribution >= 0.6 is 0 Å². The Morgan fingerprint density at radius 2 is 1.39 bits per heavy atom. The van der Waals surface area contributed by atoms with Crippen molar-refractivity contribution in [1.82, 2.24) is 4.72 Å². The molecule has 0 radical (unpaired) electrons. The van der Waals surface area contributed by atoms with E-state index >= 15 is 0 Å². The van der Waals surface area contributed by atoms with E-state index in [1.807, 2.05) is 0 Å². The maximum Gasteiger partial charge on any atom is 0.416 e. The monoisotopic (exact) mass is 371 g/mol. The third-order valence-electron chi connectivity index (χ3n) is 2.58. The van der Waals surface area contributed by atoms with Crippen LogP contribution in [0.15, 0.2) is 18.2 Å². The van der Waals surface area contributed by atoms with E-state index in [0.29, 0.717) is 6.07 Å². The van der Waals surface area contributed by atoms with Gasteiger partial charge in [-0.15, -0.1) is 0 Å². The fourth-order valence-electron chi connectivity index (χ4n) is 1.70. The molecule has 3 nitrogen and oxygen atoms in total. The Labute approximate surface area is 125 Å². The fourth-order valence-corrected chi connectivity index (χ4v) is 2.88. The first-order valence-electron chi connectivity index (χ1n) is 5.76. The summed E-state index contributed by atoms with van der Waals surface area (Å²) < 4.78 is 125. The second kappa shape index (κ2) is 6.59. The molecule has 0 spiro atoms. The van der Waals surface area contributed by atoms with Crippen LogP contribution in [0.3, 0.4) is 0 Å². The Balaban J connectivity index is 3.37. The first-order valence-corrected chi connectivity index (χ1v) is 7.41. The lowest BCUT2D eigenvalue weighted by Crippen LogP contribution is -2.31. The molecular formula is C11H9F8NO2S. The molecule has 1 rings (SSSR count). The summed E-state index contributed by atoms with van der Waals surface area (Å²) in [6.45, 7) is -1.42. The van der Waals surface area contributed by atoms with Gasteiger partial charge < -0.3 is 0 Å². The molecular weight excluding hydrogens is 362 g/mol. The zero-order valence-corrected chi connectivity index (χ0v) is 11.8. The normalized spacial score (nSPS) is 13.6. The number of benzene rings is 1. The summed E-state index contributed by atoms with van der Waals surface area (Å²) in [5, 5.41) is 0. The minimum Gasteiger partial charge on any atom is -0.212 e. The first kappa shape index (κ1) is 19.6. The van der Waals surface area contributed by atoms with Crippen molar-refractivity contribution in [3.63, 3.8) is 0 Å². The third kappa shape index (κ3) is 5.61. The molecule has 0 saturated carbocycles. The van der Waals surface area contributed by atoms with Crippen molar-refractivity contribution in [2.24, 2.45) is 0 Å². The predicted molar refractivity (Wildman–Crippen MR) is 63.1 cm³/mol. The Morgan fingerprint density at radius 1 is 0.957 bits per heavy atom. The van der Waals surface area contributed by atoms with E-state index in [0.717, 1.165) is 0 Å². The van der Waals surface area contributed by atoms with Crippen molar-refractivity contribution in [2.75, 3.05) is 6.54 Å². The molecule has 0 aliphatic rings. The van der Waals surface area contributed by atoms with Crippen LogP contribution in [0.5, 0.6) is 0 Å². The third-order valence-corrected chi connectivity index (χ3v) is 3.85. The highest BCUT2D eigenvalue weighted by Gasteiger charge is 2.41. The van der Waals surface area contributed by atoms with Gasteiger partial charge in [0, 0.05) is 0 Å². The fraction of sp³-hybridized carbons (Fsp3) is 0.455. The van der Waals surface area contributed by atoms with Gasteiger partial charge in [-0.05, 0) is 17.7 Å². The molecule has 0 aliphatic heterocycles. The molecule has 0 bridgehead atoms. The van der Waals surface area contributed by atoms with Gasteiger partial charge in [0.15, 0.2) is 0 Å². The summed E-state index contributed by atoms with van der Waals surface area (Å²) in [7, 11) is -4.83. The van der Waals surface area contributed by atoms with Gasteiger partial charge in [-0.1, -0.05) is 6.07 Å². The van der Waals surface area contributed by atoms with E-state index in [4.69, 9.17) is 0 Å². The summed E-state index contributed by atoms with van der Waals surface area (Å²) in [4.78, 5) is 0. The van der Waals surface area contributed by atoms with E-state index in [1.165, 1.54) is 4.72 Å². The topological polar surface area (TPSA) is 46.2 Å². The summed E-state index contributed by atoms with van der Waals surface area (Å²) >= 11 is 0. The smallest absolute Gasteiger partial charge is 0.212 e. The minimum absolute atomic E-state index is 0.285. The predicted octanol–water partition coefficient (Wildman–Crippen LogP) is 3.41. The number of hydrogen-bond donors (Lipinski definition) is 1. The van der Waals surface area contributed by atoms with Crippen molar-refractivity contribution in [3.05, 3.63) is 34.9 Å². The lowest BCUT2D eigenvalue weighted by atomic mass is 10.0. The van der Waals surface area contributed by atoms with Gasteiger partial charge in [0.1, 0.15) is 0 Å². The SMILES string of the molecule is O=S(=O)(Cc1c(C(F)(F)F)cccc1C(F)(F)F)NCC(F)F. The van der Waals surface area contributed by atoms with Crippen molar-refractivity contribution >= 4 is 10.0 Å². The van der Waals surface area contributed by atoms with Crippen LogP contribution in [-0.2, 0) is 28.1 Å². The lowest BCUT2D eigenvalue weighted by molar-refractivity contribution is -0.144. The van der Waals surface area contributed by atoms with E-state index in [2.05, 4.69) is 0 Å². The zero-order chi connectivity index (χ0) is 18.1. The molecule has 0 fully saturated rings. The lowest BCUT2D eigenvalue weighted by Gasteiger charge is -2.18. The minimum atomic E-state index is -5.24. The number of halogens is 8. The number of sulfonamides is 1. The Kier molecular flexibility index (Phi) is 5.62. The van der Waals surface area contributed by atoms with Gasteiger partial charge in [-0.2, -0.15) is 26.3 Å².